The molecule has 0 saturated carbocycles. The van der Waals surface area contributed by atoms with Crippen molar-refractivity contribution >= 4 is 16.0 Å². The molecule has 0 aromatic heterocycles. The molecule has 30 heavy (non-hydrogen) atoms. The lowest BCUT2D eigenvalue weighted by atomic mass is 10.1. The standard InChI is InChI=1S/C22H32N4O3S/c1-17(2)29-21-14-18(3)10-11-20(21)16-25-22(23-4)24-12-13-30(27,28)26-15-19-8-6-5-7-9-19/h5-11,14,17,26H,12-13,15-16H2,1-4H3,(H2,23,24,25). The van der Waals surface area contributed by atoms with Crippen molar-refractivity contribution < 1.29 is 13.2 Å². The van der Waals surface area contributed by atoms with Crippen molar-refractivity contribution in [3.05, 3.63) is 65.2 Å². The quantitative estimate of drug-likeness (QED) is 0.396. The average Bonchev–Trinajstić information content (AvgIpc) is 2.70. The maximum Gasteiger partial charge on any atom is 0.213 e. The Morgan fingerprint density at radius 1 is 1.07 bits per heavy atom. The van der Waals surface area contributed by atoms with Crippen molar-refractivity contribution in [3.63, 3.8) is 0 Å². The molecule has 0 fully saturated rings. The van der Waals surface area contributed by atoms with Crippen molar-refractivity contribution in [1.29, 1.82) is 0 Å². The van der Waals surface area contributed by atoms with Gasteiger partial charge in [0.1, 0.15) is 5.75 Å². The lowest BCUT2D eigenvalue weighted by Gasteiger charge is -2.17. The number of benzene rings is 2. The smallest absolute Gasteiger partial charge is 0.213 e. The Bertz CT molecular complexity index is 929. The number of ether oxygens (including phenoxy) is 1. The second kappa shape index (κ2) is 11.6. The summed E-state index contributed by atoms with van der Waals surface area (Å²) in [6.07, 6.45) is 0.0802. The van der Waals surface area contributed by atoms with Crippen LogP contribution in [0.1, 0.15) is 30.5 Å². The van der Waals surface area contributed by atoms with E-state index in [9.17, 15) is 8.42 Å². The van der Waals surface area contributed by atoms with Crippen LogP contribution in [0.3, 0.4) is 0 Å². The summed E-state index contributed by atoms with van der Waals surface area (Å²) in [6.45, 7) is 7.05. The van der Waals surface area contributed by atoms with Crippen molar-refractivity contribution in [2.24, 2.45) is 4.99 Å². The number of nitrogens with one attached hydrogen (secondary N) is 3. The minimum Gasteiger partial charge on any atom is -0.491 e. The van der Waals surface area contributed by atoms with Crippen LogP contribution in [0.4, 0.5) is 0 Å². The Balaban J connectivity index is 1.82. The van der Waals surface area contributed by atoms with Gasteiger partial charge < -0.3 is 15.4 Å². The van der Waals surface area contributed by atoms with E-state index in [1.165, 1.54) is 0 Å². The summed E-state index contributed by atoms with van der Waals surface area (Å²) in [5.74, 6) is 1.32. The van der Waals surface area contributed by atoms with E-state index >= 15 is 0 Å². The van der Waals surface area contributed by atoms with E-state index < -0.39 is 10.0 Å². The second-order valence-electron chi connectivity index (χ2n) is 7.26. The molecule has 7 nitrogen and oxygen atoms in total. The molecular weight excluding hydrogens is 400 g/mol. The van der Waals surface area contributed by atoms with E-state index in [0.717, 1.165) is 22.4 Å². The molecule has 164 valence electrons. The number of aryl methyl sites for hydroxylation is 1. The summed E-state index contributed by atoms with van der Waals surface area (Å²) < 4.78 is 32.9. The number of nitrogens with zero attached hydrogens (tertiary/aromatic N) is 1. The third-order valence-corrected chi connectivity index (χ3v) is 5.58. The van der Waals surface area contributed by atoms with Gasteiger partial charge in [-0.2, -0.15) is 0 Å². The monoisotopic (exact) mass is 432 g/mol. The van der Waals surface area contributed by atoms with E-state index in [2.05, 4.69) is 20.3 Å². The summed E-state index contributed by atoms with van der Waals surface area (Å²) in [5, 5.41) is 6.25. The van der Waals surface area contributed by atoms with Crippen LogP contribution < -0.4 is 20.1 Å². The second-order valence-corrected chi connectivity index (χ2v) is 9.18. The molecule has 2 aromatic carbocycles. The molecule has 0 atom stereocenters. The fraction of sp³-hybridized carbons (Fsp3) is 0.409. The van der Waals surface area contributed by atoms with Crippen LogP contribution in [0.2, 0.25) is 0 Å². The molecule has 0 radical (unpaired) electrons. The molecule has 2 rings (SSSR count). The highest BCUT2D eigenvalue weighted by Crippen LogP contribution is 2.21. The Hall–Kier alpha value is -2.58. The molecule has 2 aromatic rings. The average molecular weight is 433 g/mol. The van der Waals surface area contributed by atoms with Gasteiger partial charge in [-0.3, -0.25) is 4.99 Å². The molecule has 0 spiro atoms. The summed E-state index contributed by atoms with van der Waals surface area (Å²) in [4.78, 5) is 4.16. The predicted molar refractivity (Wildman–Crippen MR) is 122 cm³/mol. The Labute approximate surface area is 180 Å². The third-order valence-electron chi connectivity index (χ3n) is 4.26. The lowest BCUT2D eigenvalue weighted by molar-refractivity contribution is 0.239. The van der Waals surface area contributed by atoms with Crippen LogP contribution in [-0.4, -0.2) is 39.8 Å². The van der Waals surface area contributed by atoms with Gasteiger partial charge in [-0.15, -0.1) is 0 Å². The first kappa shape index (κ1) is 23.7. The molecule has 0 aliphatic rings. The molecule has 8 heteroatoms. The van der Waals surface area contributed by atoms with Crippen LogP contribution in [0.5, 0.6) is 5.75 Å². The molecule has 0 saturated heterocycles. The normalized spacial score (nSPS) is 12.1. The first-order chi connectivity index (χ1) is 14.3. The zero-order valence-corrected chi connectivity index (χ0v) is 18.9. The Kier molecular flexibility index (Phi) is 9.14. The maximum absolute atomic E-state index is 12.2. The summed E-state index contributed by atoms with van der Waals surface area (Å²) in [5.41, 5.74) is 3.06. The summed E-state index contributed by atoms with van der Waals surface area (Å²) in [7, 11) is -1.74. The van der Waals surface area contributed by atoms with Gasteiger partial charge in [0.05, 0.1) is 11.9 Å². The molecule has 0 amide bonds. The van der Waals surface area contributed by atoms with E-state index in [1.54, 1.807) is 7.05 Å². The fourth-order valence-corrected chi connectivity index (χ4v) is 3.64. The van der Waals surface area contributed by atoms with E-state index in [0.29, 0.717) is 12.5 Å². The van der Waals surface area contributed by atoms with E-state index in [4.69, 9.17) is 4.74 Å². The zero-order chi connectivity index (χ0) is 22.0. The first-order valence-electron chi connectivity index (χ1n) is 10.0. The highest BCUT2D eigenvalue weighted by atomic mass is 32.2. The van der Waals surface area contributed by atoms with Gasteiger partial charge in [0.2, 0.25) is 10.0 Å². The van der Waals surface area contributed by atoms with Crippen LogP contribution in [0.25, 0.3) is 0 Å². The minimum absolute atomic E-state index is 0.0488. The Morgan fingerprint density at radius 2 is 1.80 bits per heavy atom. The van der Waals surface area contributed by atoms with E-state index in [-0.39, 0.29) is 24.9 Å². The third kappa shape index (κ3) is 8.42. The van der Waals surface area contributed by atoms with Gasteiger partial charge in [0.15, 0.2) is 5.96 Å². The molecule has 3 N–H and O–H groups in total. The van der Waals surface area contributed by atoms with Crippen LogP contribution in [-0.2, 0) is 23.1 Å². The SMILES string of the molecule is CN=C(NCCS(=O)(=O)NCc1ccccc1)NCc1ccc(C)cc1OC(C)C. The van der Waals surface area contributed by atoms with Gasteiger partial charge in [0, 0.05) is 32.2 Å². The number of rotatable bonds is 10. The summed E-state index contributed by atoms with van der Waals surface area (Å²) >= 11 is 0. The first-order valence-corrected chi connectivity index (χ1v) is 11.7. The van der Waals surface area contributed by atoms with Crippen LogP contribution in [0, 0.1) is 6.92 Å². The number of sulfonamides is 1. The van der Waals surface area contributed by atoms with E-state index in [1.807, 2.05) is 69.3 Å². The van der Waals surface area contributed by atoms with Crippen molar-refractivity contribution in [1.82, 2.24) is 15.4 Å². The Morgan fingerprint density at radius 3 is 2.47 bits per heavy atom. The van der Waals surface area contributed by atoms with Gasteiger partial charge in [-0.1, -0.05) is 42.5 Å². The molecule has 0 aliphatic carbocycles. The number of aliphatic imine (C=N–C) groups is 1. The zero-order valence-electron chi connectivity index (χ0n) is 18.1. The van der Waals surface area contributed by atoms with Gasteiger partial charge in [-0.25, -0.2) is 13.1 Å². The molecule has 0 heterocycles. The largest absolute Gasteiger partial charge is 0.491 e. The maximum atomic E-state index is 12.2. The molecule has 0 unspecified atom stereocenters. The fourth-order valence-electron chi connectivity index (χ4n) is 2.74. The van der Waals surface area contributed by atoms with Gasteiger partial charge in [0.25, 0.3) is 0 Å². The lowest BCUT2D eigenvalue weighted by Crippen LogP contribution is -2.40. The van der Waals surface area contributed by atoms with Gasteiger partial charge in [-0.05, 0) is 38.0 Å². The van der Waals surface area contributed by atoms with Gasteiger partial charge >= 0.3 is 0 Å². The summed E-state index contributed by atoms with van der Waals surface area (Å²) in [6, 6.07) is 15.5. The number of guanidine groups is 1. The van der Waals surface area contributed by atoms with Crippen LogP contribution >= 0.6 is 0 Å². The highest BCUT2D eigenvalue weighted by molar-refractivity contribution is 7.89. The van der Waals surface area contributed by atoms with Crippen molar-refractivity contribution in [2.45, 2.75) is 40.0 Å². The molecule has 0 aliphatic heterocycles. The highest BCUT2D eigenvalue weighted by Gasteiger charge is 2.11. The predicted octanol–water partition coefficient (Wildman–Crippen LogP) is 2.57. The molecular formula is C22H32N4O3S. The molecule has 0 bridgehead atoms. The topological polar surface area (TPSA) is 91.8 Å². The van der Waals surface area contributed by atoms with Crippen molar-refractivity contribution in [2.75, 3.05) is 19.3 Å². The van der Waals surface area contributed by atoms with Crippen molar-refractivity contribution in [3.8, 4) is 5.75 Å². The minimum atomic E-state index is -3.39. The number of hydrogen-bond acceptors (Lipinski definition) is 4. The van der Waals surface area contributed by atoms with Crippen LogP contribution in [0.15, 0.2) is 53.5 Å². The number of hydrogen-bond donors (Lipinski definition) is 3.